The molecule has 0 aromatic rings. The Morgan fingerprint density at radius 2 is 0.375 bits per heavy atom. The van der Waals surface area contributed by atoms with Crippen molar-refractivity contribution in [3.8, 4) is 0 Å². The summed E-state index contributed by atoms with van der Waals surface area (Å²) in [5.74, 6) is -0.830. The number of esters is 3. The smallest absolute Gasteiger partial charge is 0.306 e. The van der Waals surface area contributed by atoms with Crippen LogP contribution in [-0.4, -0.2) is 37.2 Å². The predicted molar refractivity (Wildman–Crippen MR) is 312 cm³/mol. The van der Waals surface area contributed by atoms with E-state index in [2.05, 4.69) is 20.8 Å². The summed E-state index contributed by atoms with van der Waals surface area (Å²) in [5.41, 5.74) is 0. The lowest BCUT2D eigenvalue weighted by atomic mass is 10.0. The van der Waals surface area contributed by atoms with Crippen molar-refractivity contribution >= 4 is 17.9 Å². The van der Waals surface area contributed by atoms with Crippen LogP contribution in [-0.2, 0) is 28.6 Å². The third-order valence-corrected chi connectivity index (χ3v) is 15.4. The summed E-state index contributed by atoms with van der Waals surface area (Å²) in [6, 6.07) is 0. The molecule has 0 radical (unpaired) electrons. The second-order valence-electron chi connectivity index (χ2n) is 22.8. The molecule has 0 aromatic carbocycles. The minimum Gasteiger partial charge on any atom is -0.462 e. The zero-order valence-electron chi connectivity index (χ0n) is 49.2. The average Bonchev–Trinajstić information content (AvgIpc) is 3.38. The molecular formula is C66H128O6. The highest BCUT2D eigenvalue weighted by molar-refractivity contribution is 5.71. The maximum absolute atomic E-state index is 12.9. The standard InChI is InChI=1S/C66H128O6/c1-4-7-10-13-16-19-22-24-26-27-28-29-30-31-32-33-34-35-36-37-38-39-40-42-44-47-50-53-56-59-65(68)71-62-63(61-70-64(67)58-55-52-49-46-43-21-18-15-12-9-6-3)72-66(69)60-57-54-51-48-45-41-25-23-20-17-14-11-8-5-2/h63H,4-62H2,1-3H3. The quantitative estimate of drug-likeness (QED) is 0.0343. The highest BCUT2D eigenvalue weighted by Gasteiger charge is 2.19. The first-order valence-corrected chi connectivity index (χ1v) is 33.0. The second-order valence-corrected chi connectivity index (χ2v) is 22.8. The van der Waals surface area contributed by atoms with Crippen molar-refractivity contribution in [2.45, 2.75) is 393 Å². The molecule has 0 aromatic heterocycles. The molecule has 6 heteroatoms. The summed E-state index contributed by atoms with van der Waals surface area (Å²) in [6.07, 6.45) is 71.4. The molecule has 0 fully saturated rings. The lowest BCUT2D eigenvalue weighted by molar-refractivity contribution is -0.167. The number of ether oxygens (including phenoxy) is 3. The van der Waals surface area contributed by atoms with Crippen LogP contribution in [0, 0.1) is 0 Å². The van der Waals surface area contributed by atoms with E-state index in [0.29, 0.717) is 19.3 Å². The molecule has 0 aliphatic heterocycles. The van der Waals surface area contributed by atoms with Gasteiger partial charge in [-0.3, -0.25) is 14.4 Å². The van der Waals surface area contributed by atoms with Gasteiger partial charge >= 0.3 is 17.9 Å². The molecule has 0 spiro atoms. The summed E-state index contributed by atoms with van der Waals surface area (Å²) in [6.45, 7) is 6.71. The van der Waals surface area contributed by atoms with Crippen LogP contribution in [0.2, 0.25) is 0 Å². The summed E-state index contributed by atoms with van der Waals surface area (Å²) < 4.78 is 16.9. The van der Waals surface area contributed by atoms with Crippen LogP contribution in [0.3, 0.4) is 0 Å². The van der Waals surface area contributed by atoms with E-state index in [1.54, 1.807) is 0 Å². The molecule has 6 nitrogen and oxygen atoms in total. The zero-order valence-corrected chi connectivity index (χ0v) is 49.2. The average molecular weight is 1020 g/mol. The number of rotatable bonds is 62. The van der Waals surface area contributed by atoms with Crippen molar-refractivity contribution in [3.63, 3.8) is 0 Å². The van der Waals surface area contributed by atoms with Crippen molar-refractivity contribution in [2.24, 2.45) is 0 Å². The van der Waals surface area contributed by atoms with E-state index in [-0.39, 0.29) is 31.1 Å². The van der Waals surface area contributed by atoms with Crippen molar-refractivity contribution in [3.05, 3.63) is 0 Å². The summed E-state index contributed by atoms with van der Waals surface area (Å²) >= 11 is 0. The largest absolute Gasteiger partial charge is 0.462 e. The van der Waals surface area contributed by atoms with Gasteiger partial charge in [0.15, 0.2) is 6.10 Å². The molecule has 1 unspecified atom stereocenters. The van der Waals surface area contributed by atoms with Crippen LogP contribution in [0.1, 0.15) is 387 Å². The molecule has 0 saturated heterocycles. The fraction of sp³-hybridized carbons (Fsp3) is 0.955. The van der Waals surface area contributed by atoms with Crippen molar-refractivity contribution in [2.75, 3.05) is 13.2 Å². The molecule has 0 N–H and O–H groups in total. The topological polar surface area (TPSA) is 78.9 Å². The molecule has 72 heavy (non-hydrogen) atoms. The first kappa shape index (κ1) is 70.4. The minimum atomic E-state index is -0.761. The normalized spacial score (nSPS) is 11.9. The number of hydrogen-bond acceptors (Lipinski definition) is 6. The van der Waals surface area contributed by atoms with Gasteiger partial charge in [-0.2, -0.15) is 0 Å². The van der Waals surface area contributed by atoms with E-state index in [0.717, 1.165) is 57.8 Å². The maximum Gasteiger partial charge on any atom is 0.306 e. The van der Waals surface area contributed by atoms with Gasteiger partial charge in [0.1, 0.15) is 13.2 Å². The molecule has 0 aliphatic carbocycles. The Morgan fingerprint density at radius 3 is 0.556 bits per heavy atom. The minimum absolute atomic E-state index is 0.0609. The van der Waals surface area contributed by atoms with Crippen LogP contribution in [0.4, 0.5) is 0 Å². The maximum atomic E-state index is 12.9. The Hall–Kier alpha value is -1.59. The van der Waals surface area contributed by atoms with Crippen LogP contribution in [0.5, 0.6) is 0 Å². The SMILES string of the molecule is CCCCCCCCCCCCCCCCCCCCCCCCCCCCCCCC(=O)OCC(COC(=O)CCCCCCCCCCCCC)OC(=O)CCCCCCCCCCCCCCCC. The molecule has 1 atom stereocenters. The van der Waals surface area contributed by atoms with Gasteiger partial charge in [-0.25, -0.2) is 0 Å². The van der Waals surface area contributed by atoms with E-state index in [9.17, 15) is 14.4 Å². The molecule has 0 bridgehead atoms. The molecule has 0 rings (SSSR count). The Labute approximate surface area is 450 Å². The fourth-order valence-electron chi connectivity index (χ4n) is 10.4. The number of carbonyl (C=O) groups excluding carboxylic acids is 3. The molecule has 0 saturated carbocycles. The Balaban J connectivity index is 4.06. The lowest BCUT2D eigenvalue weighted by Crippen LogP contribution is -2.30. The van der Waals surface area contributed by atoms with Crippen molar-refractivity contribution < 1.29 is 28.6 Å². The van der Waals surface area contributed by atoms with E-state index in [4.69, 9.17) is 14.2 Å². The van der Waals surface area contributed by atoms with Gasteiger partial charge in [-0.05, 0) is 19.3 Å². The third kappa shape index (κ3) is 59.3. The summed E-state index contributed by atoms with van der Waals surface area (Å²) in [5, 5.41) is 0. The lowest BCUT2D eigenvalue weighted by Gasteiger charge is -2.18. The molecule has 0 aliphatic rings. The van der Waals surface area contributed by atoms with Gasteiger partial charge < -0.3 is 14.2 Å². The second kappa shape index (κ2) is 62.0. The van der Waals surface area contributed by atoms with E-state index in [1.807, 2.05) is 0 Å². The van der Waals surface area contributed by atoms with Crippen molar-refractivity contribution in [1.29, 1.82) is 0 Å². The van der Waals surface area contributed by atoms with E-state index >= 15 is 0 Å². The van der Waals surface area contributed by atoms with Gasteiger partial charge in [0, 0.05) is 19.3 Å². The first-order valence-electron chi connectivity index (χ1n) is 33.0. The Bertz CT molecular complexity index is 1080. The van der Waals surface area contributed by atoms with E-state index < -0.39 is 6.10 Å². The summed E-state index contributed by atoms with van der Waals surface area (Å²) in [7, 11) is 0. The van der Waals surface area contributed by atoms with Crippen LogP contribution in [0.15, 0.2) is 0 Å². The fourth-order valence-corrected chi connectivity index (χ4v) is 10.4. The number of hydrogen-bond donors (Lipinski definition) is 0. The Kier molecular flexibility index (Phi) is 60.6. The van der Waals surface area contributed by atoms with E-state index in [1.165, 1.54) is 289 Å². The van der Waals surface area contributed by atoms with Crippen LogP contribution >= 0.6 is 0 Å². The zero-order chi connectivity index (χ0) is 52.2. The highest BCUT2D eigenvalue weighted by Crippen LogP contribution is 2.19. The molecule has 0 amide bonds. The highest BCUT2D eigenvalue weighted by atomic mass is 16.6. The monoisotopic (exact) mass is 1020 g/mol. The van der Waals surface area contributed by atoms with Gasteiger partial charge in [-0.1, -0.05) is 348 Å². The Morgan fingerprint density at radius 1 is 0.222 bits per heavy atom. The van der Waals surface area contributed by atoms with Crippen LogP contribution < -0.4 is 0 Å². The predicted octanol–water partition coefficient (Wildman–Crippen LogP) is 22.3. The van der Waals surface area contributed by atoms with Gasteiger partial charge in [-0.15, -0.1) is 0 Å². The molecular weight excluding hydrogens is 889 g/mol. The molecule has 0 heterocycles. The number of carbonyl (C=O) groups is 3. The summed E-state index contributed by atoms with van der Waals surface area (Å²) in [4.78, 5) is 38.2. The van der Waals surface area contributed by atoms with Crippen molar-refractivity contribution in [1.82, 2.24) is 0 Å². The third-order valence-electron chi connectivity index (χ3n) is 15.4. The first-order chi connectivity index (χ1) is 35.5. The van der Waals surface area contributed by atoms with Gasteiger partial charge in [0.2, 0.25) is 0 Å². The van der Waals surface area contributed by atoms with Crippen LogP contribution in [0.25, 0.3) is 0 Å². The molecule has 428 valence electrons. The van der Waals surface area contributed by atoms with Gasteiger partial charge in [0.25, 0.3) is 0 Å². The number of unbranched alkanes of at least 4 members (excludes halogenated alkanes) is 51. The van der Waals surface area contributed by atoms with Gasteiger partial charge in [0.05, 0.1) is 0 Å².